The van der Waals surface area contributed by atoms with Gasteiger partial charge in [0.05, 0.1) is 0 Å². The van der Waals surface area contributed by atoms with Crippen molar-refractivity contribution in [2.75, 3.05) is 11.9 Å². The largest absolute Gasteiger partial charge is 0.478 e. The van der Waals surface area contributed by atoms with Gasteiger partial charge in [0, 0.05) is 6.54 Å². The summed E-state index contributed by atoms with van der Waals surface area (Å²) in [6, 6.07) is 1.56. The van der Waals surface area contributed by atoms with Gasteiger partial charge in [-0.3, -0.25) is 0 Å². The second-order valence-electron chi connectivity index (χ2n) is 4.17. The van der Waals surface area contributed by atoms with Crippen LogP contribution in [0.15, 0.2) is 12.1 Å². The Bertz CT molecular complexity index is 444. The summed E-state index contributed by atoms with van der Waals surface area (Å²) in [5.74, 6) is -1.42. The second kappa shape index (κ2) is 5.24. The molecule has 7 heteroatoms. The van der Waals surface area contributed by atoms with Crippen LogP contribution in [0.2, 0.25) is 0 Å². The zero-order valence-corrected chi connectivity index (χ0v) is 9.88. The van der Waals surface area contributed by atoms with Gasteiger partial charge in [-0.1, -0.05) is 13.8 Å². The molecule has 18 heavy (non-hydrogen) atoms. The van der Waals surface area contributed by atoms with E-state index in [2.05, 4.69) is 10.3 Å². The third-order valence-corrected chi connectivity index (χ3v) is 2.09. The van der Waals surface area contributed by atoms with Crippen LogP contribution in [0.25, 0.3) is 0 Å². The van der Waals surface area contributed by atoms with Crippen molar-refractivity contribution in [1.29, 1.82) is 0 Å². The van der Waals surface area contributed by atoms with E-state index in [4.69, 9.17) is 5.11 Å². The van der Waals surface area contributed by atoms with Gasteiger partial charge in [0.15, 0.2) is 0 Å². The number of carboxylic acid groups (broad SMARTS) is 1. The van der Waals surface area contributed by atoms with E-state index in [-0.39, 0.29) is 17.3 Å². The molecule has 0 aliphatic carbocycles. The van der Waals surface area contributed by atoms with Crippen LogP contribution in [0.4, 0.5) is 19.0 Å². The van der Waals surface area contributed by atoms with Crippen LogP contribution in [0, 0.1) is 5.92 Å². The van der Waals surface area contributed by atoms with E-state index in [1.165, 1.54) is 0 Å². The average molecular weight is 262 g/mol. The number of carboxylic acids is 1. The topological polar surface area (TPSA) is 62.2 Å². The lowest BCUT2D eigenvalue weighted by Gasteiger charge is -2.13. The molecule has 0 amide bonds. The first-order valence-electron chi connectivity index (χ1n) is 5.27. The first-order valence-corrected chi connectivity index (χ1v) is 5.27. The van der Waals surface area contributed by atoms with Crippen molar-refractivity contribution in [3.05, 3.63) is 23.4 Å². The molecule has 0 bridgehead atoms. The third kappa shape index (κ3) is 3.61. The number of pyridine rings is 1. The highest BCUT2D eigenvalue weighted by atomic mass is 19.4. The molecule has 0 unspecified atom stereocenters. The maximum atomic E-state index is 12.5. The molecule has 0 aliphatic rings. The highest BCUT2D eigenvalue weighted by Crippen LogP contribution is 2.29. The standard InChI is InChI=1S/C11H13F3N2O2/c1-6(2)5-15-9-7(10(17)18)3-4-8(16-9)11(12,13)14/h3-4,6H,5H2,1-2H3,(H,15,16)(H,17,18). The van der Waals surface area contributed by atoms with Crippen molar-refractivity contribution < 1.29 is 23.1 Å². The molecule has 1 aromatic rings. The number of alkyl halides is 3. The molecule has 0 aliphatic heterocycles. The number of halogens is 3. The summed E-state index contributed by atoms with van der Waals surface area (Å²) in [7, 11) is 0. The third-order valence-electron chi connectivity index (χ3n) is 2.09. The summed E-state index contributed by atoms with van der Waals surface area (Å²) in [4.78, 5) is 14.2. The second-order valence-corrected chi connectivity index (χ2v) is 4.17. The van der Waals surface area contributed by atoms with Gasteiger partial charge in [0.2, 0.25) is 0 Å². The van der Waals surface area contributed by atoms with Gasteiger partial charge in [-0.05, 0) is 18.1 Å². The number of nitrogens with one attached hydrogen (secondary N) is 1. The molecular weight excluding hydrogens is 249 g/mol. The van der Waals surface area contributed by atoms with E-state index in [0.29, 0.717) is 12.6 Å². The van der Waals surface area contributed by atoms with Crippen molar-refractivity contribution >= 4 is 11.8 Å². The fourth-order valence-corrected chi connectivity index (χ4v) is 1.23. The van der Waals surface area contributed by atoms with Crippen LogP contribution in [0.1, 0.15) is 29.9 Å². The molecule has 0 aromatic carbocycles. The normalized spacial score (nSPS) is 11.7. The zero-order valence-electron chi connectivity index (χ0n) is 9.88. The molecule has 2 N–H and O–H groups in total. The molecule has 100 valence electrons. The molecule has 1 rings (SSSR count). The van der Waals surface area contributed by atoms with Gasteiger partial charge in [0.25, 0.3) is 0 Å². The van der Waals surface area contributed by atoms with E-state index in [1.807, 2.05) is 13.8 Å². The average Bonchev–Trinajstić information content (AvgIpc) is 2.24. The van der Waals surface area contributed by atoms with E-state index < -0.39 is 17.8 Å². The predicted octanol–water partition coefficient (Wildman–Crippen LogP) is 2.87. The quantitative estimate of drug-likeness (QED) is 0.875. The van der Waals surface area contributed by atoms with Crippen LogP contribution in [-0.2, 0) is 6.18 Å². The minimum Gasteiger partial charge on any atom is -0.478 e. The Morgan fingerprint density at radius 2 is 2.06 bits per heavy atom. The summed E-state index contributed by atoms with van der Waals surface area (Å²) in [6.45, 7) is 4.04. The van der Waals surface area contributed by atoms with Crippen LogP contribution in [0.3, 0.4) is 0 Å². The first-order chi connectivity index (χ1) is 8.21. The van der Waals surface area contributed by atoms with Gasteiger partial charge in [-0.15, -0.1) is 0 Å². The molecule has 0 spiro atoms. The number of rotatable bonds is 4. The molecule has 0 atom stereocenters. The maximum Gasteiger partial charge on any atom is 0.433 e. The highest BCUT2D eigenvalue weighted by Gasteiger charge is 2.33. The molecule has 0 saturated heterocycles. The molecule has 4 nitrogen and oxygen atoms in total. The fraction of sp³-hybridized carbons (Fsp3) is 0.455. The van der Waals surface area contributed by atoms with Gasteiger partial charge in [-0.2, -0.15) is 13.2 Å². The van der Waals surface area contributed by atoms with Crippen molar-refractivity contribution in [3.63, 3.8) is 0 Å². The lowest BCUT2D eigenvalue weighted by Crippen LogP contribution is -2.16. The number of hydrogen-bond donors (Lipinski definition) is 2. The number of anilines is 1. The van der Waals surface area contributed by atoms with Crippen LogP contribution < -0.4 is 5.32 Å². The summed E-state index contributed by atoms with van der Waals surface area (Å²) in [5, 5.41) is 11.5. The van der Waals surface area contributed by atoms with Gasteiger partial charge in [0.1, 0.15) is 17.1 Å². The SMILES string of the molecule is CC(C)CNc1nc(C(F)(F)F)ccc1C(=O)O. The minimum atomic E-state index is -4.59. The van der Waals surface area contributed by atoms with E-state index in [9.17, 15) is 18.0 Å². The zero-order chi connectivity index (χ0) is 13.9. The Morgan fingerprint density at radius 1 is 1.44 bits per heavy atom. The van der Waals surface area contributed by atoms with Gasteiger partial charge in [-0.25, -0.2) is 9.78 Å². The Hall–Kier alpha value is -1.79. The van der Waals surface area contributed by atoms with Gasteiger partial charge < -0.3 is 10.4 Å². The Morgan fingerprint density at radius 3 is 2.50 bits per heavy atom. The van der Waals surface area contributed by atoms with Crippen LogP contribution in [-0.4, -0.2) is 22.6 Å². The monoisotopic (exact) mass is 262 g/mol. The summed E-state index contributed by atoms with van der Waals surface area (Å²) < 4.78 is 37.4. The predicted molar refractivity (Wildman–Crippen MR) is 59.5 cm³/mol. The molecule has 1 heterocycles. The lowest BCUT2D eigenvalue weighted by molar-refractivity contribution is -0.141. The number of aromatic carboxylic acids is 1. The number of carbonyl (C=O) groups is 1. The molecule has 0 radical (unpaired) electrons. The van der Waals surface area contributed by atoms with E-state index in [1.54, 1.807) is 0 Å². The Kier molecular flexibility index (Phi) is 4.15. The van der Waals surface area contributed by atoms with E-state index >= 15 is 0 Å². The van der Waals surface area contributed by atoms with Crippen LogP contribution >= 0.6 is 0 Å². The molecule has 1 aromatic heterocycles. The van der Waals surface area contributed by atoms with Crippen molar-refractivity contribution in [2.24, 2.45) is 5.92 Å². The highest BCUT2D eigenvalue weighted by molar-refractivity contribution is 5.93. The van der Waals surface area contributed by atoms with Crippen molar-refractivity contribution in [3.8, 4) is 0 Å². The Balaban J connectivity index is 3.12. The summed E-state index contributed by atoms with van der Waals surface area (Å²) in [6.07, 6.45) is -4.59. The number of aromatic nitrogens is 1. The van der Waals surface area contributed by atoms with E-state index in [0.717, 1.165) is 6.07 Å². The van der Waals surface area contributed by atoms with Crippen molar-refractivity contribution in [2.45, 2.75) is 20.0 Å². The Labute approximate surface area is 102 Å². The van der Waals surface area contributed by atoms with Gasteiger partial charge >= 0.3 is 12.1 Å². The molecule has 0 fully saturated rings. The molecule has 0 saturated carbocycles. The van der Waals surface area contributed by atoms with Crippen LogP contribution in [0.5, 0.6) is 0 Å². The first kappa shape index (κ1) is 14.3. The summed E-state index contributed by atoms with van der Waals surface area (Å²) >= 11 is 0. The minimum absolute atomic E-state index is 0.156. The number of nitrogens with zero attached hydrogens (tertiary/aromatic N) is 1. The lowest BCUT2D eigenvalue weighted by atomic mass is 10.2. The smallest absolute Gasteiger partial charge is 0.433 e. The molecular formula is C11H13F3N2O2. The summed E-state index contributed by atoms with van der Waals surface area (Å²) in [5.41, 5.74) is -1.39. The number of hydrogen-bond acceptors (Lipinski definition) is 3. The fourth-order valence-electron chi connectivity index (χ4n) is 1.23. The van der Waals surface area contributed by atoms with Crippen molar-refractivity contribution in [1.82, 2.24) is 4.98 Å². The maximum absolute atomic E-state index is 12.5.